The lowest BCUT2D eigenvalue weighted by atomic mass is 9.97. The van der Waals surface area contributed by atoms with Crippen LogP contribution in [-0.4, -0.2) is 29.6 Å². The summed E-state index contributed by atoms with van der Waals surface area (Å²) >= 11 is 0. The van der Waals surface area contributed by atoms with Crippen molar-refractivity contribution in [2.75, 3.05) is 7.11 Å². The van der Waals surface area contributed by atoms with E-state index >= 15 is 0 Å². The summed E-state index contributed by atoms with van der Waals surface area (Å²) < 4.78 is 9.59. The Labute approximate surface area is 96.4 Å². The number of rotatable bonds is 2. The van der Waals surface area contributed by atoms with Crippen LogP contribution in [0.4, 0.5) is 0 Å². The first kappa shape index (κ1) is 11.4. The molecule has 0 spiro atoms. The van der Waals surface area contributed by atoms with Crippen molar-refractivity contribution in [2.45, 2.75) is 13.2 Å². The van der Waals surface area contributed by atoms with E-state index in [9.17, 15) is 19.8 Å². The lowest BCUT2D eigenvalue weighted by Crippen LogP contribution is -2.04. The van der Waals surface area contributed by atoms with Crippen LogP contribution in [0.15, 0.2) is 0 Å². The number of ether oxygens (including phenoxy) is 2. The van der Waals surface area contributed by atoms with Gasteiger partial charge in [-0.25, -0.2) is 4.79 Å². The van der Waals surface area contributed by atoms with Crippen molar-refractivity contribution in [3.63, 3.8) is 0 Å². The summed E-state index contributed by atoms with van der Waals surface area (Å²) in [7, 11) is 1.32. The number of esters is 1. The van der Waals surface area contributed by atoms with Crippen molar-refractivity contribution >= 4 is 12.3 Å². The highest BCUT2D eigenvalue weighted by molar-refractivity contribution is 6.01. The first-order valence-electron chi connectivity index (χ1n) is 4.80. The molecule has 0 saturated heterocycles. The largest absolute Gasteiger partial charge is 0.507 e. The number of hydrogen-bond acceptors (Lipinski definition) is 6. The number of carbonyl (C=O) groups is 2. The smallest absolute Gasteiger partial charge is 0.345 e. The number of aliphatic hydroxyl groups excluding tert-OH is 1. The van der Waals surface area contributed by atoms with E-state index in [1.807, 2.05) is 0 Å². The Hall–Kier alpha value is -2.08. The highest BCUT2D eigenvalue weighted by Gasteiger charge is 2.38. The van der Waals surface area contributed by atoms with Crippen LogP contribution in [0.1, 0.15) is 38.1 Å². The third-order valence-corrected chi connectivity index (χ3v) is 2.73. The van der Waals surface area contributed by atoms with E-state index in [-0.39, 0.29) is 33.8 Å². The minimum Gasteiger partial charge on any atom is -0.507 e. The third-order valence-electron chi connectivity index (χ3n) is 2.73. The van der Waals surface area contributed by atoms with Gasteiger partial charge >= 0.3 is 5.97 Å². The van der Waals surface area contributed by atoms with Crippen LogP contribution < -0.4 is 4.74 Å². The molecule has 0 aromatic heterocycles. The van der Waals surface area contributed by atoms with Gasteiger partial charge in [-0.1, -0.05) is 0 Å². The zero-order valence-corrected chi connectivity index (χ0v) is 9.18. The summed E-state index contributed by atoms with van der Waals surface area (Å²) in [5, 5.41) is 19.3. The van der Waals surface area contributed by atoms with Gasteiger partial charge in [0.2, 0.25) is 6.29 Å². The number of aldehydes is 1. The number of aromatic hydroxyl groups is 1. The van der Waals surface area contributed by atoms with E-state index in [0.717, 1.165) is 0 Å². The summed E-state index contributed by atoms with van der Waals surface area (Å²) in [6.07, 6.45) is -1.19. The van der Waals surface area contributed by atoms with Crippen LogP contribution in [0.2, 0.25) is 0 Å². The third kappa shape index (κ3) is 1.38. The van der Waals surface area contributed by atoms with Crippen molar-refractivity contribution in [2.24, 2.45) is 0 Å². The van der Waals surface area contributed by atoms with Crippen LogP contribution >= 0.6 is 0 Å². The highest BCUT2D eigenvalue weighted by Crippen LogP contribution is 2.44. The van der Waals surface area contributed by atoms with Crippen molar-refractivity contribution in [3.8, 4) is 11.5 Å². The van der Waals surface area contributed by atoms with Gasteiger partial charge in [-0.2, -0.15) is 0 Å². The molecular weight excluding hydrogens is 228 g/mol. The number of methoxy groups -OCH3 is 1. The fourth-order valence-electron chi connectivity index (χ4n) is 1.93. The maximum absolute atomic E-state index is 11.5. The van der Waals surface area contributed by atoms with Gasteiger partial charge < -0.3 is 19.7 Å². The molecule has 1 aromatic carbocycles. The van der Waals surface area contributed by atoms with E-state index in [1.54, 1.807) is 0 Å². The molecule has 6 nitrogen and oxygen atoms in total. The summed E-state index contributed by atoms with van der Waals surface area (Å²) in [6, 6.07) is 0. The zero-order valence-electron chi connectivity index (χ0n) is 9.18. The normalized spacial score (nSPS) is 17.6. The van der Waals surface area contributed by atoms with Crippen LogP contribution in [0, 0.1) is 6.92 Å². The molecule has 6 heteroatoms. The SMILES string of the molecule is COc1c(C)c(O)c(C=O)c2c1C(=O)OC2O. The Bertz CT molecular complexity index is 519. The standard InChI is InChI=1S/C11H10O6/c1-4-8(13)5(3-12)6-7(9(4)16-2)11(15)17-10(6)14/h3,10,13-14H,1-2H3. The van der Waals surface area contributed by atoms with E-state index in [0.29, 0.717) is 6.29 Å². The zero-order chi connectivity index (χ0) is 12.7. The molecule has 1 aromatic rings. The van der Waals surface area contributed by atoms with Crippen molar-refractivity contribution < 1.29 is 29.3 Å². The Morgan fingerprint density at radius 3 is 2.65 bits per heavy atom. The van der Waals surface area contributed by atoms with Crippen molar-refractivity contribution in [3.05, 3.63) is 22.3 Å². The molecule has 1 aliphatic rings. The average molecular weight is 238 g/mol. The molecule has 2 N–H and O–H groups in total. The van der Waals surface area contributed by atoms with Gasteiger partial charge in [0.1, 0.15) is 17.1 Å². The van der Waals surface area contributed by atoms with E-state index in [4.69, 9.17) is 4.74 Å². The number of cyclic esters (lactones) is 1. The van der Waals surface area contributed by atoms with Crippen LogP contribution in [-0.2, 0) is 4.74 Å². The molecule has 0 bridgehead atoms. The molecule has 0 fully saturated rings. The second-order valence-electron chi connectivity index (χ2n) is 3.58. The average Bonchev–Trinajstić information content (AvgIpc) is 2.57. The van der Waals surface area contributed by atoms with E-state index in [2.05, 4.69) is 4.74 Å². The van der Waals surface area contributed by atoms with Gasteiger partial charge in [-0.3, -0.25) is 4.79 Å². The van der Waals surface area contributed by atoms with Gasteiger partial charge in [-0.15, -0.1) is 0 Å². The molecule has 2 rings (SSSR count). The maximum atomic E-state index is 11.5. The molecule has 0 amide bonds. The maximum Gasteiger partial charge on any atom is 0.345 e. The van der Waals surface area contributed by atoms with Gasteiger partial charge in [0.25, 0.3) is 0 Å². The Balaban J connectivity index is 2.90. The van der Waals surface area contributed by atoms with E-state index in [1.165, 1.54) is 14.0 Å². The molecule has 1 aliphatic heterocycles. The first-order valence-corrected chi connectivity index (χ1v) is 4.80. The second kappa shape index (κ2) is 3.74. The number of benzene rings is 1. The second-order valence-corrected chi connectivity index (χ2v) is 3.58. The predicted molar refractivity (Wildman–Crippen MR) is 55.2 cm³/mol. The highest BCUT2D eigenvalue weighted by atomic mass is 16.6. The summed E-state index contributed by atoms with van der Waals surface area (Å²) in [4.78, 5) is 22.4. The fourth-order valence-corrected chi connectivity index (χ4v) is 1.93. The van der Waals surface area contributed by atoms with Crippen molar-refractivity contribution in [1.82, 2.24) is 0 Å². The molecule has 1 heterocycles. The fraction of sp³-hybridized carbons (Fsp3) is 0.273. The molecule has 0 saturated carbocycles. The number of aliphatic hydroxyl groups is 1. The number of phenolic OH excluding ortho intramolecular Hbond substituents is 1. The number of phenols is 1. The molecular formula is C11H10O6. The van der Waals surface area contributed by atoms with Crippen LogP contribution in [0.3, 0.4) is 0 Å². The minimum atomic E-state index is -1.56. The monoisotopic (exact) mass is 238 g/mol. The van der Waals surface area contributed by atoms with Gasteiger partial charge in [-0.05, 0) is 6.92 Å². The Morgan fingerprint density at radius 1 is 1.47 bits per heavy atom. The van der Waals surface area contributed by atoms with Crippen LogP contribution in [0.5, 0.6) is 11.5 Å². The first-order chi connectivity index (χ1) is 8.02. The lowest BCUT2D eigenvalue weighted by molar-refractivity contribution is -0.0550. The van der Waals surface area contributed by atoms with Gasteiger partial charge in [0.15, 0.2) is 6.29 Å². The Morgan fingerprint density at radius 2 is 2.12 bits per heavy atom. The molecule has 17 heavy (non-hydrogen) atoms. The topological polar surface area (TPSA) is 93.1 Å². The molecule has 1 unspecified atom stereocenters. The number of hydrogen-bond donors (Lipinski definition) is 2. The summed E-state index contributed by atoms with van der Waals surface area (Å²) in [6.45, 7) is 1.50. The molecule has 0 aliphatic carbocycles. The molecule has 1 atom stereocenters. The predicted octanol–water partition coefficient (Wildman–Crippen LogP) is 0.683. The lowest BCUT2D eigenvalue weighted by Gasteiger charge is -2.13. The summed E-state index contributed by atoms with van der Waals surface area (Å²) in [5.41, 5.74) is 0.0263. The van der Waals surface area contributed by atoms with Crippen molar-refractivity contribution in [1.29, 1.82) is 0 Å². The molecule has 0 radical (unpaired) electrons. The quantitative estimate of drug-likeness (QED) is 0.581. The minimum absolute atomic E-state index is 0.0163. The van der Waals surface area contributed by atoms with Gasteiger partial charge in [0, 0.05) is 5.56 Å². The Kier molecular flexibility index (Phi) is 2.51. The molecule has 90 valence electrons. The van der Waals surface area contributed by atoms with Gasteiger partial charge in [0.05, 0.1) is 18.2 Å². The number of carbonyl (C=O) groups excluding carboxylic acids is 2. The van der Waals surface area contributed by atoms with E-state index < -0.39 is 12.3 Å². The number of fused-ring (bicyclic) bond motifs is 1. The summed E-state index contributed by atoms with van der Waals surface area (Å²) in [5.74, 6) is -1.01. The van der Waals surface area contributed by atoms with Crippen LogP contribution in [0.25, 0.3) is 0 Å².